The molecule has 3 nitrogen and oxygen atoms in total. The minimum Gasteiger partial charge on any atom is -0.497 e. The topological polar surface area (TPSA) is 47.3 Å². The number of methoxy groups -OCH3 is 1. The Kier molecular flexibility index (Phi) is 3.83. The van der Waals surface area contributed by atoms with Gasteiger partial charge in [-0.15, -0.1) is 0 Å². The lowest BCUT2D eigenvalue weighted by atomic mass is 10.1. The van der Waals surface area contributed by atoms with E-state index in [2.05, 4.69) is 26.1 Å². The van der Waals surface area contributed by atoms with Crippen molar-refractivity contribution >= 4 is 11.4 Å². The molecular weight excluding hydrogens is 188 g/mol. The van der Waals surface area contributed by atoms with E-state index in [0.717, 1.165) is 17.1 Å². The van der Waals surface area contributed by atoms with Gasteiger partial charge < -0.3 is 15.8 Å². The first-order chi connectivity index (χ1) is 7.04. The minimum atomic E-state index is 0.403. The van der Waals surface area contributed by atoms with Gasteiger partial charge in [-0.3, -0.25) is 0 Å². The molecule has 0 aliphatic carbocycles. The van der Waals surface area contributed by atoms with Gasteiger partial charge in [-0.1, -0.05) is 13.8 Å². The Balaban J connectivity index is 2.78. The first-order valence-electron chi connectivity index (χ1n) is 5.24. The summed E-state index contributed by atoms with van der Waals surface area (Å²) < 4.78 is 5.09. The number of rotatable bonds is 4. The largest absolute Gasteiger partial charge is 0.497 e. The smallest absolute Gasteiger partial charge is 0.121 e. The molecule has 3 heteroatoms. The molecule has 0 saturated heterocycles. The zero-order chi connectivity index (χ0) is 11.4. The van der Waals surface area contributed by atoms with Gasteiger partial charge in [0.05, 0.1) is 18.5 Å². The molecule has 15 heavy (non-hydrogen) atoms. The van der Waals surface area contributed by atoms with Gasteiger partial charge in [-0.05, 0) is 25.0 Å². The lowest BCUT2D eigenvalue weighted by Crippen LogP contribution is -2.22. The normalized spacial score (nSPS) is 12.6. The van der Waals surface area contributed by atoms with Crippen molar-refractivity contribution in [1.29, 1.82) is 0 Å². The number of nitrogens with two attached hydrogens (primary N) is 1. The van der Waals surface area contributed by atoms with Crippen LogP contribution in [0.2, 0.25) is 0 Å². The molecule has 3 N–H and O–H groups in total. The van der Waals surface area contributed by atoms with E-state index in [1.54, 1.807) is 7.11 Å². The van der Waals surface area contributed by atoms with Crippen LogP contribution in [0.25, 0.3) is 0 Å². The van der Waals surface area contributed by atoms with Crippen LogP contribution in [0, 0.1) is 5.92 Å². The van der Waals surface area contributed by atoms with E-state index >= 15 is 0 Å². The summed E-state index contributed by atoms with van der Waals surface area (Å²) in [7, 11) is 1.64. The molecule has 0 saturated carbocycles. The van der Waals surface area contributed by atoms with Crippen molar-refractivity contribution in [2.24, 2.45) is 5.92 Å². The van der Waals surface area contributed by atoms with Crippen LogP contribution in [0.4, 0.5) is 11.4 Å². The zero-order valence-corrected chi connectivity index (χ0v) is 9.87. The molecule has 0 fully saturated rings. The van der Waals surface area contributed by atoms with Gasteiger partial charge in [-0.25, -0.2) is 0 Å². The molecule has 84 valence electrons. The summed E-state index contributed by atoms with van der Waals surface area (Å²) in [6, 6.07) is 6.09. The summed E-state index contributed by atoms with van der Waals surface area (Å²) in [5.41, 5.74) is 7.60. The maximum atomic E-state index is 5.90. The van der Waals surface area contributed by atoms with Crippen molar-refractivity contribution in [3.8, 4) is 5.75 Å². The van der Waals surface area contributed by atoms with Crippen molar-refractivity contribution in [1.82, 2.24) is 0 Å². The Morgan fingerprint density at radius 2 is 1.93 bits per heavy atom. The van der Waals surface area contributed by atoms with Crippen LogP contribution in [0.5, 0.6) is 5.75 Å². The van der Waals surface area contributed by atoms with Gasteiger partial charge >= 0.3 is 0 Å². The van der Waals surface area contributed by atoms with Gasteiger partial charge in [-0.2, -0.15) is 0 Å². The van der Waals surface area contributed by atoms with Gasteiger partial charge in [0.15, 0.2) is 0 Å². The maximum absolute atomic E-state index is 5.90. The molecule has 1 aromatic carbocycles. The molecule has 0 amide bonds. The number of benzene rings is 1. The quantitative estimate of drug-likeness (QED) is 0.748. The number of hydrogen-bond acceptors (Lipinski definition) is 3. The van der Waals surface area contributed by atoms with Crippen molar-refractivity contribution in [2.45, 2.75) is 26.8 Å². The molecule has 0 aliphatic heterocycles. The molecule has 0 aliphatic rings. The standard InChI is InChI=1S/C12H20N2O/c1-8(2)9(3)14-12-6-5-10(15-4)7-11(12)13/h5-9,14H,13H2,1-4H3. The number of hydrogen-bond donors (Lipinski definition) is 2. The first-order valence-corrected chi connectivity index (χ1v) is 5.24. The summed E-state index contributed by atoms with van der Waals surface area (Å²) in [4.78, 5) is 0. The average Bonchev–Trinajstić information content (AvgIpc) is 2.20. The Morgan fingerprint density at radius 3 is 2.40 bits per heavy atom. The molecule has 0 spiro atoms. The molecule has 1 rings (SSSR count). The third-order valence-electron chi connectivity index (χ3n) is 2.64. The second-order valence-electron chi connectivity index (χ2n) is 4.13. The van der Waals surface area contributed by atoms with Crippen molar-refractivity contribution in [3.63, 3.8) is 0 Å². The van der Waals surface area contributed by atoms with Crippen LogP contribution < -0.4 is 15.8 Å². The maximum Gasteiger partial charge on any atom is 0.121 e. The fourth-order valence-electron chi connectivity index (χ4n) is 1.21. The van der Waals surface area contributed by atoms with Crippen molar-refractivity contribution < 1.29 is 4.74 Å². The van der Waals surface area contributed by atoms with Gasteiger partial charge in [0.2, 0.25) is 0 Å². The van der Waals surface area contributed by atoms with E-state index in [-0.39, 0.29) is 0 Å². The average molecular weight is 208 g/mol. The van der Waals surface area contributed by atoms with Gasteiger partial charge in [0.1, 0.15) is 5.75 Å². The second kappa shape index (κ2) is 4.91. The number of ether oxygens (including phenoxy) is 1. The summed E-state index contributed by atoms with van der Waals surface area (Å²) in [6.45, 7) is 6.50. The summed E-state index contributed by atoms with van der Waals surface area (Å²) >= 11 is 0. The Hall–Kier alpha value is -1.38. The van der Waals surface area contributed by atoms with Crippen LogP contribution in [0.1, 0.15) is 20.8 Å². The monoisotopic (exact) mass is 208 g/mol. The lowest BCUT2D eigenvalue weighted by molar-refractivity contribution is 0.415. The highest BCUT2D eigenvalue weighted by Gasteiger charge is 2.08. The number of nitrogen functional groups attached to an aromatic ring is 1. The number of anilines is 2. The van der Waals surface area contributed by atoms with Crippen LogP contribution in [-0.4, -0.2) is 13.2 Å². The highest BCUT2D eigenvalue weighted by atomic mass is 16.5. The third kappa shape index (κ3) is 3.05. The Bertz CT molecular complexity index is 323. The molecule has 0 radical (unpaired) electrons. The predicted octanol–water partition coefficient (Wildman–Crippen LogP) is 2.73. The highest BCUT2D eigenvalue weighted by molar-refractivity contribution is 5.68. The molecule has 1 unspecified atom stereocenters. The van der Waals surface area contributed by atoms with E-state index in [1.807, 2.05) is 18.2 Å². The van der Waals surface area contributed by atoms with Crippen LogP contribution in [0.3, 0.4) is 0 Å². The van der Waals surface area contributed by atoms with E-state index in [9.17, 15) is 0 Å². The van der Waals surface area contributed by atoms with E-state index in [4.69, 9.17) is 10.5 Å². The van der Waals surface area contributed by atoms with Crippen molar-refractivity contribution in [2.75, 3.05) is 18.2 Å². The molecule has 0 aromatic heterocycles. The van der Waals surface area contributed by atoms with Crippen molar-refractivity contribution in [3.05, 3.63) is 18.2 Å². The Labute approximate surface area is 91.6 Å². The van der Waals surface area contributed by atoms with Crippen LogP contribution >= 0.6 is 0 Å². The zero-order valence-electron chi connectivity index (χ0n) is 9.87. The molecule has 1 aromatic rings. The van der Waals surface area contributed by atoms with Crippen LogP contribution in [-0.2, 0) is 0 Å². The summed E-state index contributed by atoms with van der Waals surface area (Å²) in [6.07, 6.45) is 0. The van der Waals surface area contributed by atoms with Gasteiger partial charge in [0.25, 0.3) is 0 Å². The predicted molar refractivity (Wildman–Crippen MR) is 65.3 cm³/mol. The highest BCUT2D eigenvalue weighted by Crippen LogP contribution is 2.25. The van der Waals surface area contributed by atoms with E-state index in [1.165, 1.54) is 0 Å². The lowest BCUT2D eigenvalue weighted by Gasteiger charge is -2.20. The Morgan fingerprint density at radius 1 is 1.27 bits per heavy atom. The summed E-state index contributed by atoms with van der Waals surface area (Å²) in [5, 5.41) is 3.38. The fraction of sp³-hybridized carbons (Fsp3) is 0.500. The SMILES string of the molecule is COc1ccc(NC(C)C(C)C)c(N)c1. The van der Waals surface area contributed by atoms with E-state index in [0.29, 0.717) is 12.0 Å². The minimum absolute atomic E-state index is 0.403. The molecular formula is C12H20N2O. The van der Waals surface area contributed by atoms with Crippen LogP contribution in [0.15, 0.2) is 18.2 Å². The summed E-state index contributed by atoms with van der Waals surface area (Å²) in [5.74, 6) is 1.36. The fourth-order valence-corrected chi connectivity index (χ4v) is 1.21. The third-order valence-corrected chi connectivity index (χ3v) is 2.64. The first kappa shape index (κ1) is 11.7. The van der Waals surface area contributed by atoms with E-state index < -0.39 is 0 Å². The molecule has 0 heterocycles. The molecule has 0 bridgehead atoms. The second-order valence-corrected chi connectivity index (χ2v) is 4.13. The molecule has 1 atom stereocenters. The number of nitrogens with one attached hydrogen (secondary N) is 1. The van der Waals surface area contributed by atoms with Gasteiger partial charge in [0, 0.05) is 12.1 Å².